The van der Waals surface area contributed by atoms with Gasteiger partial charge in [-0.25, -0.2) is 16.8 Å². The van der Waals surface area contributed by atoms with Crippen LogP contribution in [0, 0.1) is 11.3 Å². The third kappa shape index (κ3) is 4.55. The first-order valence-corrected chi connectivity index (χ1v) is 15.9. The van der Waals surface area contributed by atoms with Crippen molar-refractivity contribution in [2.45, 2.75) is 42.8 Å². The Morgan fingerprint density at radius 1 is 1.05 bits per heavy atom. The summed E-state index contributed by atoms with van der Waals surface area (Å²) in [4.78, 5) is 26.3. The topological polar surface area (TPSA) is 139 Å². The van der Waals surface area contributed by atoms with Crippen molar-refractivity contribution in [1.82, 2.24) is 4.31 Å². The molecular weight excluding hydrogens is 566 g/mol. The monoisotopic (exact) mass is 595 g/mol. The highest BCUT2D eigenvalue weighted by atomic mass is 35.5. The summed E-state index contributed by atoms with van der Waals surface area (Å²) >= 11 is 6.15. The number of benzene rings is 2. The van der Waals surface area contributed by atoms with Gasteiger partial charge < -0.3 is 10.1 Å². The number of nitrogens with one attached hydrogen (secondary N) is 2. The first-order chi connectivity index (χ1) is 18.3. The van der Waals surface area contributed by atoms with E-state index in [4.69, 9.17) is 16.3 Å². The predicted octanol–water partition coefficient (Wildman–Crippen LogP) is 3.50. The number of rotatable bonds is 7. The van der Waals surface area contributed by atoms with Crippen LogP contribution >= 0.6 is 11.6 Å². The molecule has 2 unspecified atom stereocenters. The number of hydrogen-bond donors (Lipinski definition) is 2. The van der Waals surface area contributed by atoms with Crippen molar-refractivity contribution in [1.29, 1.82) is 0 Å². The lowest BCUT2D eigenvalue weighted by atomic mass is 9.81. The Bertz CT molecular complexity index is 1540. The van der Waals surface area contributed by atoms with Crippen molar-refractivity contribution in [3.05, 3.63) is 53.1 Å². The quantitative estimate of drug-likeness (QED) is 0.499. The lowest BCUT2D eigenvalue weighted by molar-refractivity contribution is -0.121. The van der Waals surface area contributed by atoms with Gasteiger partial charge in [0.1, 0.15) is 0 Å². The Hall–Kier alpha value is -2.51. The molecule has 3 aliphatic rings. The van der Waals surface area contributed by atoms with Crippen molar-refractivity contribution in [2.75, 3.05) is 36.3 Å². The summed E-state index contributed by atoms with van der Waals surface area (Å²) in [6.45, 7) is 4.80. The minimum absolute atomic E-state index is 0.00302. The van der Waals surface area contributed by atoms with Crippen LogP contribution in [-0.4, -0.2) is 63.9 Å². The molecule has 2 saturated carbocycles. The number of sulfonamides is 2. The molecule has 39 heavy (non-hydrogen) atoms. The first-order valence-electron chi connectivity index (χ1n) is 12.6. The highest BCUT2D eigenvalue weighted by molar-refractivity contribution is 7.95. The minimum atomic E-state index is -4.22. The summed E-state index contributed by atoms with van der Waals surface area (Å²) in [5, 5.41) is 2.88. The molecule has 5 rings (SSSR count). The van der Waals surface area contributed by atoms with Gasteiger partial charge in [-0.15, -0.1) is 0 Å². The number of nitrogens with zero attached hydrogens (tertiary/aromatic N) is 1. The molecule has 0 aromatic heterocycles. The first kappa shape index (κ1) is 28.0. The molecule has 2 aliphatic carbocycles. The van der Waals surface area contributed by atoms with E-state index in [0.29, 0.717) is 25.3 Å². The van der Waals surface area contributed by atoms with Gasteiger partial charge in [0.2, 0.25) is 20.0 Å². The summed E-state index contributed by atoms with van der Waals surface area (Å²) in [6, 6.07) is 9.88. The zero-order valence-corrected chi connectivity index (χ0v) is 24.0. The molecule has 1 heterocycles. The van der Waals surface area contributed by atoms with Crippen LogP contribution in [0.15, 0.2) is 47.4 Å². The molecule has 210 valence electrons. The van der Waals surface area contributed by atoms with Gasteiger partial charge in [-0.2, -0.15) is 4.31 Å². The zero-order valence-electron chi connectivity index (χ0n) is 21.6. The van der Waals surface area contributed by atoms with Gasteiger partial charge in [0.05, 0.1) is 29.4 Å². The number of Topliss-reactive ketones (excluding diaryl/α,β-unsaturated/α-hetero) is 1. The molecule has 13 heteroatoms. The van der Waals surface area contributed by atoms with Crippen molar-refractivity contribution in [3.8, 4) is 0 Å². The minimum Gasteiger partial charge on any atom is -0.379 e. The number of amides is 1. The number of morpholine rings is 1. The van der Waals surface area contributed by atoms with E-state index < -0.39 is 36.1 Å². The van der Waals surface area contributed by atoms with E-state index in [2.05, 4.69) is 10.0 Å². The molecule has 2 N–H and O–H groups in total. The van der Waals surface area contributed by atoms with Crippen LogP contribution in [-0.2, 0) is 29.6 Å². The van der Waals surface area contributed by atoms with Crippen molar-refractivity contribution < 1.29 is 31.2 Å². The molecule has 2 atom stereocenters. The summed E-state index contributed by atoms with van der Waals surface area (Å²) in [7, 11) is -7.92. The van der Waals surface area contributed by atoms with Crippen LogP contribution in [0.4, 0.5) is 11.4 Å². The van der Waals surface area contributed by atoms with Crippen LogP contribution in [0.2, 0.25) is 5.02 Å². The molecule has 2 aromatic carbocycles. The molecule has 2 bridgehead atoms. The second-order valence-corrected chi connectivity index (χ2v) is 15.0. The van der Waals surface area contributed by atoms with Gasteiger partial charge in [-0.1, -0.05) is 25.4 Å². The Morgan fingerprint density at radius 3 is 2.31 bits per heavy atom. The van der Waals surface area contributed by atoms with Crippen LogP contribution in [0.1, 0.15) is 43.5 Å². The standard InChI is InChI=1S/C26H30ClN3O7S2/c1-25(2)17-9-10-26(25,23(31)15-17)39(35,36)29-22-8-3-18(27)16-21(22)24(32)28-19-4-6-20(7-5-19)38(33,34)30-11-13-37-14-12-30/h3-8,16-17,29H,9-15H2,1-2H3,(H,28,32). The highest BCUT2D eigenvalue weighted by Crippen LogP contribution is 2.62. The molecule has 0 spiro atoms. The van der Waals surface area contributed by atoms with Crippen LogP contribution in [0.5, 0.6) is 0 Å². The highest BCUT2D eigenvalue weighted by Gasteiger charge is 2.71. The Labute approximate surface area is 233 Å². The average molecular weight is 596 g/mol. The van der Waals surface area contributed by atoms with Crippen molar-refractivity contribution >= 4 is 54.7 Å². The smallest absolute Gasteiger partial charge is 0.257 e. The Morgan fingerprint density at radius 2 is 1.72 bits per heavy atom. The fourth-order valence-corrected chi connectivity index (χ4v) is 9.99. The van der Waals surface area contributed by atoms with Gasteiger partial charge in [-0.3, -0.25) is 14.3 Å². The molecule has 10 nitrogen and oxygen atoms in total. The average Bonchev–Trinajstić information content (AvgIpc) is 3.27. The lowest BCUT2D eigenvalue weighted by Gasteiger charge is -2.35. The predicted molar refractivity (Wildman–Crippen MR) is 147 cm³/mol. The summed E-state index contributed by atoms with van der Waals surface area (Å²) in [6.07, 6.45) is 1.09. The van der Waals surface area contributed by atoms with Crippen molar-refractivity contribution in [3.63, 3.8) is 0 Å². The van der Waals surface area contributed by atoms with Gasteiger partial charge in [0.25, 0.3) is 5.91 Å². The zero-order chi connectivity index (χ0) is 28.2. The van der Waals surface area contributed by atoms with Crippen LogP contribution in [0.25, 0.3) is 0 Å². The van der Waals surface area contributed by atoms with Gasteiger partial charge in [-0.05, 0) is 66.6 Å². The maximum absolute atomic E-state index is 13.7. The maximum Gasteiger partial charge on any atom is 0.257 e. The fraction of sp³-hybridized carbons (Fsp3) is 0.462. The third-order valence-corrected chi connectivity index (χ3v) is 12.9. The van der Waals surface area contributed by atoms with E-state index in [0.717, 1.165) is 0 Å². The number of anilines is 2. The number of hydrogen-bond acceptors (Lipinski definition) is 7. The number of halogens is 1. The van der Waals surface area contributed by atoms with E-state index in [9.17, 15) is 26.4 Å². The summed E-state index contributed by atoms with van der Waals surface area (Å²) in [5.41, 5.74) is -0.477. The lowest BCUT2D eigenvalue weighted by Crippen LogP contribution is -2.53. The SMILES string of the molecule is CC1(C)C2CCC1(S(=O)(=O)Nc1ccc(Cl)cc1C(=O)Nc1ccc(S(=O)(=O)N3CCOCC3)cc1)C(=O)C2. The van der Waals surface area contributed by atoms with Crippen LogP contribution in [0.3, 0.4) is 0 Å². The number of carbonyl (C=O) groups excluding carboxylic acids is 2. The number of carbonyl (C=O) groups is 2. The fourth-order valence-electron chi connectivity index (χ4n) is 6.14. The van der Waals surface area contributed by atoms with E-state index in [1.165, 1.54) is 46.8 Å². The molecule has 3 fully saturated rings. The van der Waals surface area contributed by atoms with Gasteiger partial charge in [0.15, 0.2) is 10.5 Å². The maximum atomic E-state index is 13.7. The molecule has 2 aromatic rings. The number of ether oxygens (including phenoxy) is 1. The summed E-state index contributed by atoms with van der Waals surface area (Å²) in [5.74, 6) is -0.967. The van der Waals surface area contributed by atoms with E-state index in [-0.39, 0.29) is 58.8 Å². The number of fused-ring (bicyclic) bond motifs is 2. The molecule has 0 radical (unpaired) electrons. The molecule has 1 aliphatic heterocycles. The number of ketones is 1. The van der Waals surface area contributed by atoms with E-state index >= 15 is 0 Å². The van der Waals surface area contributed by atoms with Crippen LogP contribution < -0.4 is 10.0 Å². The Balaban J connectivity index is 1.38. The van der Waals surface area contributed by atoms with E-state index in [1.54, 1.807) is 0 Å². The second-order valence-electron chi connectivity index (χ2n) is 10.7. The second kappa shape index (κ2) is 9.84. The normalized spacial score (nSPS) is 25.0. The van der Waals surface area contributed by atoms with E-state index in [1.807, 2.05) is 13.8 Å². The largest absolute Gasteiger partial charge is 0.379 e. The molecular formula is C26H30ClN3O7S2. The van der Waals surface area contributed by atoms with Gasteiger partial charge in [0, 0.05) is 30.2 Å². The van der Waals surface area contributed by atoms with Gasteiger partial charge >= 0.3 is 0 Å². The van der Waals surface area contributed by atoms with Crippen molar-refractivity contribution in [2.24, 2.45) is 11.3 Å². The third-order valence-electron chi connectivity index (χ3n) is 8.44. The summed E-state index contributed by atoms with van der Waals surface area (Å²) < 4.78 is 60.7. The molecule has 1 saturated heterocycles. The Kier molecular flexibility index (Phi) is 7.08. The molecule has 1 amide bonds.